The summed E-state index contributed by atoms with van der Waals surface area (Å²) in [6, 6.07) is 0.220. The van der Waals surface area contributed by atoms with Gasteiger partial charge in [-0.15, -0.1) is 0 Å². The van der Waals surface area contributed by atoms with Gasteiger partial charge in [-0.05, 0) is 27.2 Å². The molecule has 1 heterocycles. The number of carbonyl (C=O) groups is 1. The fourth-order valence-corrected chi connectivity index (χ4v) is 1.56. The molecule has 4 nitrogen and oxygen atoms in total. The van der Waals surface area contributed by atoms with Crippen LogP contribution in [0.25, 0.3) is 0 Å². The molecule has 1 aliphatic heterocycles. The number of nitrogens with two attached hydrogens (primary N) is 1. The Morgan fingerprint density at radius 2 is 2.21 bits per heavy atom. The number of likely N-dealkylation sites (tertiary alicyclic amines) is 1. The first-order valence-electron chi connectivity index (χ1n) is 5.06. The van der Waals surface area contributed by atoms with E-state index in [1.807, 2.05) is 25.7 Å². The average Bonchev–Trinajstić information content (AvgIpc) is 2.30. The second-order valence-electron chi connectivity index (χ2n) is 4.87. The number of ether oxygens (including phenoxy) is 1. The van der Waals surface area contributed by atoms with Crippen LogP contribution in [0.5, 0.6) is 0 Å². The van der Waals surface area contributed by atoms with Crippen molar-refractivity contribution in [2.45, 2.75) is 38.8 Å². The molecule has 14 heavy (non-hydrogen) atoms. The number of esters is 1. The molecule has 0 unspecified atom stereocenters. The van der Waals surface area contributed by atoms with Gasteiger partial charge in [0.2, 0.25) is 0 Å². The Bertz CT molecular complexity index is 211. The van der Waals surface area contributed by atoms with Gasteiger partial charge >= 0.3 is 5.97 Å². The lowest BCUT2D eigenvalue weighted by Gasteiger charge is -2.22. The molecule has 0 aliphatic carbocycles. The van der Waals surface area contributed by atoms with Gasteiger partial charge in [-0.25, -0.2) is 0 Å². The average molecular weight is 200 g/mol. The number of carbonyl (C=O) groups excluding carboxylic acids is 1. The van der Waals surface area contributed by atoms with Crippen LogP contribution in [0.1, 0.15) is 27.2 Å². The third-order valence-electron chi connectivity index (χ3n) is 2.08. The molecule has 0 amide bonds. The van der Waals surface area contributed by atoms with Crippen LogP contribution in [0.15, 0.2) is 0 Å². The highest BCUT2D eigenvalue weighted by atomic mass is 16.6. The lowest BCUT2D eigenvalue weighted by Crippen LogP contribution is -2.35. The summed E-state index contributed by atoms with van der Waals surface area (Å²) in [5.74, 6) is -0.161. The zero-order valence-electron chi connectivity index (χ0n) is 9.25. The standard InChI is InChI=1S/C10H20N2O2/c1-10(2,3)14-9(13)7-12-5-4-8(11)6-12/h8H,4-7,11H2,1-3H3/t8-/m0/s1. The number of rotatable bonds is 2. The van der Waals surface area contributed by atoms with Gasteiger partial charge in [0, 0.05) is 19.1 Å². The summed E-state index contributed by atoms with van der Waals surface area (Å²) in [5, 5.41) is 0. The second kappa shape index (κ2) is 4.28. The summed E-state index contributed by atoms with van der Waals surface area (Å²) in [5.41, 5.74) is 5.34. The molecule has 1 fully saturated rings. The van der Waals surface area contributed by atoms with E-state index in [1.54, 1.807) is 0 Å². The first-order valence-corrected chi connectivity index (χ1v) is 5.06. The highest BCUT2D eigenvalue weighted by Gasteiger charge is 2.23. The van der Waals surface area contributed by atoms with Gasteiger partial charge in [-0.1, -0.05) is 0 Å². The monoisotopic (exact) mass is 200 g/mol. The van der Waals surface area contributed by atoms with Crippen molar-refractivity contribution in [3.63, 3.8) is 0 Å². The summed E-state index contributed by atoms with van der Waals surface area (Å²) in [6.07, 6.45) is 0.975. The van der Waals surface area contributed by atoms with E-state index in [2.05, 4.69) is 0 Å². The molecule has 1 saturated heterocycles. The van der Waals surface area contributed by atoms with Gasteiger partial charge in [-0.2, -0.15) is 0 Å². The van der Waals surface area contributed by atoms with E-state index in [0.29, 0.717) is 6.54 Å². The van der Waals surface area contributed by atoms with Gasteiger partial charge in [0.1, 0.15) is 5.60 Å². The molecule has 0 spiro atoms. The summed E-state index contributed by atoms with van der Waals surface area (Å²) in [6.45, 7) is 7.70. The Hall–Kier alpha value is -0.610. The number of hydrogen-bond acceptors (Lipinski definition) is 4. The fraction of sp³-hybridized carbons (Fsp3) is 0.900. The summed E-state index contributed by atoms with van der Waals surface area (Å²) >= 11 is 0. The Labute approximate surface area is 85.4 Å². The molecule has 0 aromatic rings. The molecule has 4 heteroatoms. The highest BCUT2D eigenvalue weighted by Crippen LogP contribution is 2.10. The Morgan fingerprint density at radius 1 is 1.57 bits per heavy atom. The normalized spacial score (nSPS) is 23.9. The van der Waals surface area contributed by atoms with E-state index in [-0.39, 0.29) is 17.6 Å². The molecule has 0 aromatic carbocycles. The van der Waals surface area contributed by atoms with Crippen LogP contribution in [-0.2, 0) is 9.53 Å². The maximum absolute atomic E-state index is 11.4. The quantitative estimate of drug-likeness (QED) is 0.654. The molecule has 0 bridgehead atoms. The first kappa shape index (κ1) is 11.5. The lowest BCUT2D eigenvalue weighted by atomic mass is 10.2. The third kappa shape index (κ3) is 4.07. The molecular formula is C10H20N2O2. The van der Waals surface area contributed by atoms with Crippen molar-refractivity contribution in [3.8, 4) is 0 Å². The van der Waals surface area contributed by atoms with Crippen LogP contribution in [-0.4, -0.2) is 42.1 Å². The third-order valence-corrected chi connectivity index (χ3v) is 2.08. The van der Waals surface area contributed by atoms with Crippen LogP contribution >= 0.6 is 0 Å². The number of hydrogen-bond donors (Lipinski definition) is 1. The maximum atomic E-state index is 11.4. The summed E-state index contributed by atoms with van der Waals surface area (Å²) in [4.78, 5) is 13.5. The molecule has 1 atom stereocenters. The molecule has 82 valence electrons. The highest BCUT2D eigenvalue weighted by molar-refractivity contribution is 5.72. The van der Waals surface area contributed by atoms with E-state index in [1.165, 1.54) is 0 Å². The molecule has 1 aliphatic rings. The predicted molar refractivity (Wildman–Crippen MR) is 54.9 cm³/mol. The van der Waals surface area contributed by atoms with Gasteiger partial charge < -0.3 is 10.5 Å². The fourth-order valence-electron chi connectivity index (χ4n) is 1.56. The predicted octanol–water partition coefficient (Wildman–Crippen LogP) is 0.361. The van der Waals surface area contributed by atoms with Gasteiger partial charge in [0.15, 0.2) is 0 Å². The van der Waals surface area contributed by atoms with Crippen LogP contribution in [0.3, 0.4) is 0 Å². The van der Waals surface area contributed by atoms with E-state index < -0.39 is 0 Å². The van der Waals surface area contributed by atoms with Crippen LogP contribution in [0.4, 0.5) is 0 Å². The molecule has 0 saturated carbocycles. The first-order chi connectivity index (χ1) is 6.37. The van der Waals surface area contributed by atoms with Crippen molar-refractivity contribution in [1.29, 1.82) is 0 Å². The second-order valence-corrected chi connectivity index (χ2v) is 4.87. The number of nitrogens with zero attached hydrogens (tertiary/aromatic N) is 1. The van der Waals surface area contributed by atoms with Crippen molar-refractivity contribution in [1.82, 2.24) is 4.90 Å². The lowest BCUT2D eigenvalue weighted by molar-refractivity contribution is -0.155. The SMILES string of the molecule is CC(C)(C)OC(=O)CN1CC[C@H](N)C1. The van der Waals surface area contributed by atoms with Crippen molar-refractivity contribution in [2.24, 2.45) is 5.73 Å². The Balaban J connectivity index is 2.27. The zero-order valence-corrected chi connectivity index (χ0v) is 9.25. The molecular weight excluding hydrogens is 180 g/mol. The van der Waals surface area contributed by atoms with Crippen LogP contribution in [0.2, 0.25) is 0 Å². The van der Waals surface area contributed by atoms with E-state index >= 15 is 0 Å². The molecule has 0 radical (unpaired) electrons. The molecule has 2 N–H and O–H groups in total. The van der Waals surface area contributed by atoms with Gasteiger partial charge in [-0.3, -0.25) is 9.69 Å². The zero-order chi connectivity index (χ0) is 10.8. The van der Waals surface area contributed by atoms with E-state index in [0.717, 1.165) is 19.5 Å². The minimum Gasteiger partial charge on any atom is -0.459 e. The largest absolute Gasteiger partial charge is 0.459 e. The van der Waals surface area contributed by atoms with E-state index in [4.69, 9.17) is 10.5 Å². The van der Waals surface area contributed by atoms with Crippen LogP contribution in [0, 0.1) is 0 Å². The van der Waals surface area contributed by atoms with Gasteiger partial charge in [0.25, 0.3) is 0 Å². The van der Waals surface area contributed by atoms with Crippen molar-refractivity contribution in [2.75, 3.05) is 19.6 Å². The van der Waals surface area contributed by atoms with Gasteiger partial charge in [0.05, 0.1) is 6.54 Å². The van der Waals surface area contributed by atoms with Crippen LogP contribution < -0.4 is 5.73 Å². The minimum absolute atomic E-state index is 0.161. The molecule has 0 aromatic heterocycles. The van der Waals surface area contributed by atoms with Crippen molar-refractivity contribution < 1.29 is 9.53 Å². The Kier molecular flexibility index (Phi) is 3.50. The molecule has 1 rings (SSSR count). The minimum atomic E-state index is -0.390. The Morgan fingerprint density at radius 3 is 2.64 bits per heavy atom. The summed E-state index contributed by atoms with van der Waals surface area (Å²) in [7, 11) is 0. The summed E-state index contributed by atoms with van der Waals surface area (Å²) < 4.78 is 5.21. The van der Waals surface area contributed by atoms with Crippen molar-refractivity contribution in [3.05, 3.63) is 0 Å². The van der Waals surface area contributed by atoms with E-state index in [9.17, 15) is 4.79 Å². The maximum Gasteiger partial charge on any atom is 0.320 e. The van der Waals surface area contributed by atoms with Crippen molar-refractivity contribution >= 4 is 5.97 Å². The topological polar surface area (TPSA) is 55.6 Å². The smallest absolute Gasteiger partial charge is 0.320 e.